The largest absolute Gasteiger partial charge is 0.496 e. The number of rotatable bonds is 9. The first kappa shape index (κ1) is 28.4. The van der Waals surface area contributed by atoms with Gasteiger partial charge in [-0.15, -0.1) is 11.3 Å². The predicted octanol–water partition coefficient (Wildman–Crippen LogP) is 4.20. The highest BCUT2D eigenvalue weighted by molar-refractivity contribution is 7.22. The van der Waals surface area contributed by atoms with Crippen LogP contribution in [0.25, 0.3) is 21.0 Å². The lowest BCUT2D eigenvalue weighted by Crippen LogP contribution is -2.52. The summed E-state index contributed by atoms with van der Waals surface area (Å²) in [5.74, 6) is 0.489. The standard InChI is InChI=1S/C30H33N3O8S/c1-16-23-26(34)33(30(2,3)28(35)36)29(37)32(27(23)42-24(16)25-31-9-10-40-25)13-22(20-7-5-6-8-21(20)38-4)41-19-11-17-14-39-15-18(17)12-19/h5-10,17-19,22H,11-15H2,1-4H3,(H,35,36)/t17-,18+,19+,22-/m1/s1. The summed E-state index contributed by atoms with van der Waals surface area (Å²) in [7, 11) is 1.58. The van der Waals surface area contributed by atoms with Gasteiger partial charge in [-0.05, 0) is 57.1 Å². The number of aliphatic carboxylic acids is 1. The maximum atomic E-state index is 14.2. The molecule has 0 unspecified atom stereocenters. The summed E-state index contributed by atoms with van der Waals surface area (Å²) in [5, 5.41) is 10.3. The van der Waals surface area contributed by atoms with Gasteiger partial charge in [-0.3, -0.25) is 9.36 Å². The van der Waals surface area contributed by atoms with Gasteiger partial charge in [-0.1, -0.05) is 18.2 Å². The van der Waals surface area contributed by atoms with Gasteiger partial charge >= 0.3 is 11.7 Å². The Balaban J connectivity index is 1.54. The van der Waals surface area contributed by atoms with Gasteiger partial charge in [0.15, 0.2) is 0 Å². The number of aromatic nitrogens is 3. The van der Waals surface area contributed by atoms with Gasteiger partial charge in [0.25, 0.3) is 5.56 Å². The van der Waals surface area contributed by atoms with Crippen molar-refractivity contribution in [3.8, 4) is 16.5 Å². The minimum atomic E-state index is -1.81. The molecule has 11 nitrogen and oxygen atoms in total. The molecule has 4 heterocycles. The molecule has 222 valence electrons. The Morgan fingerprint density at radius 1 is 1.21 bits per heavy atom. The minimum absolute atomic E-state index is 0.0268. The van der Waals surface area contributed by atoms with Crippen molar-refractivity contribution in [3.05, 3.63) is 68.7 Å². The molecule has 0 spiro atoms. The number of para-hydroxylation sites is 1. The first-order valence-electron chi connectivity index (χ1n) is 13.9. The number of methoxy groups -OCH3 is 1. The lowest BCUT2D eigenvalue weighted by molar-refractivity contribution is -0.146. The second-order valence-corrected chi connectivity index (χ2v) is 12.5. The number of hydrogen-bond acceptors (Lipinski definition) is 9. The quantitative estimate of drug-likeness (QED) is 0.302. The van der Waals surface area contributed by atoms with Gasteiger partial charge in [0.05, 0.1) is 36.2 Å². The zero-order chi connectivity index (χ0) is 29.8. The molecule has 4 aromatic rings. The summed E-state index contributed by atoms with van der Waals surface area (Å²) < 4.78 is 25.9. The Morgan fingerprint density at radius 3 is 2.57 bits per heavy atom. The van der Waals surface area contributed by atoms with Crippen molar-refractivity contribution in [2.24, 2.45) is 11.8 Å². The highest BCUT2D eigenvalue weighted by Crippen LogP contribution is 2.42. The molecule has 1 aliphatic heterocycles. The molecule has 1 N–H and O–H groups in total. The number of nitrogens with zero attached hydrogens (tertiary/aromatic N) is 3. The first-order chi connectivity index (χ1) is 20.1. The smallest absolute Gasteiger partial charge is 0.333 e. The van der Waals surface area contributed by atoms with Crippen LogP contribution < -0.4 is 16.0 Å². The molecular formula is C30H33N3O8S. The fourth-order valence-electron chi connectivity index (χ4n) is 6.23. The number of carbonyl (C=O) groups is 1. The molecule has 0 amide bonds. The summed E-state index contributed by atoms with van der Waals surface area (Å²) in [4.78, 5) is 45.6. The number of carboxylic acid groups (broad SMARTS) is 1. The van der Waals surface area contributed by atoms with Gasteiger partial charge in [0.2, 0.25) is 5.89 Å². The van der Waals surface area contributed by atoms with Crippen LogP contribution in [0.5, 0.6) is 5.75 Å². The van der Waals surface area contributed by atoms with E-state index in [-0.39, 0.29) is 18.0 Å². The number of ether oxygens (including phenoxy) is 3. The van der Waals surface area contributed by atoms with Crippen molar-refractivity contribution in [1.82, 2.24) is 14.1 Å². The van der Waals surface area contributed by atoms with Crippen LogP contribution in [-0.4, -0.2) is 51.6 Å². The molecule has 2 aliphatic rings. The molecular weight excluding hydrogens is 562 g/mol. The average molecular weight is 596 g/mol. The third-order valence-corrected chi connectivity index (χ3v) is 9.88. The molecule has 2 fully saturated rings. The molecule has 6 rings (SSSR count). The van der Waals surface area contributed by atoms with Gasteiger partial charge in [0.1, 0.15) is 28.5 Å². The van der Waals surface area contributed by atoms with E-state index >= 15 is 0 Å². The van der Waals surface area contributed by atoms with Crippen LogP contribution >= 0.6 is 11.3 Å². The third-order valence-electron chi connectivity index (χ3n) is 8.57. The average Bonchev–Trinajstić information content (AvgIpc) is 3.75. The summed E-state index contributed by atoms with van der Waals surface area (Å²) in [5.41, 5.74) is -1.91. The Kier molecular flexibility index (Phi) is 7.32. The van der Waals surface area contributed by atoms with E-state index in [0.717, 1.165) is 36.2 Å². The van der Waals surface area contributed by atoms with E-state index in [2.05, 4.69) is 4.98 Å². The molecule has 42 heavy (non-hydrogen) atoms. The second kappa shape index (κ2) is 10.8. The number of fused-ring (bicyclic) bond motifs is 2. The maximum Gasteiger partial charge on any atom is 0.333 e. The monoisotopic (exact) mass is 595 g/mol. The van der Waals surface area contributed by atoms with E-state index < -0.39 is 28.9 Å². The van der Waals surface area contributed by atoms with Gasteiger partial charge < -0.3 is 23.7 Å². The number of carboxylic acids is 1. The fourth-order valence-corrected chi connectivity index (χ4v) is 7.47. The summed E-state index contributed by atoms with van der Waals surface area (Å²) in [6, 6.07) is 7.49. The van der Waals surface area contributed by atoms with Crippen LogP contribution in [0.15, 0.2) is 50.7 Å². The first-order valence-corrected chi connectivity index (χ1v) is 14.7. The Morgan fingerprint density at radius 2 is 1.93 bits per heavy atom. The number of aryl methyl sites for hydroxylation is 1. The SMILES string of the molecule is COc1ccccc1[C@@H](Cn1c(=O)n(C(C)(C)C(=O)O)c(=O)c2c(C)c(-c3ncco3)sc21)O[C@@H]1C[C@H]2COC[C@H]2C1. The van der Waals surface area contributed by atoms with Gasteiger partial charge in [0, 0.05) is 18.8 Å². The number of thiophene rings is 1. The Hall–Kier alpha value is -3.74. The molecule has 1 saturated carbocycles. The Labute approximate surface area is 245 Å². The maximum absolute atomic E-state index is 14.2. The minimum Gasteiger partial charge on any atom is -0.496 e. The lowest BCUT2D eigenvalue weighted by atomic mass is 10.0. The van der Waals surface area contributed by atoms with Crippen molar-refractivity contribution < 1.29 is 28.5 Å². The molecule has 1 aromatic carbocycles. The van der Waals surface area contributed by atoms with E-state index in [9.17, 15) is 19.5 Å². The van der Waals surface area contributed by atoms with Crippen molar-refractivity contribution in [2.45, 2.75) is 57.9 Å². The normalized spacial score (nSPS) is 21.1. The fraction of sp³-hybridized carbons (Fsp3) is 0.467. The zero-order valence-electron chi connectivity index (χ0n) is 23.9. The molecule has 1 aliphatic carbocycles. The lowest BCUT2D eigenvalue weighted by Gasteiger charge is -2.27. The van der Waals surface area contributed by atoms with E-state index in [1.54, 1.807) is 14.0 Å². The topological polar surface area (TPSA) is 135 Å². The van der Waals surface area contributed by atoms with E-state index in [1.807, 2.05) is 24.3 Å². The van der Waals surface area contributed by atoms with Crippen LogP contribution in [0.2, 0.25) is 0 Å². The molecule has 4 atom stereocenters. The van der Waals surface area contributed by atoms with E-state index in [1.165, 1.54) is 42.2 Å². The second-order valence-electron chi connectivity index (χ2n) is 11.5. The number of hydrogen-bond donors (Lipinski definition) is 1. The van der Waals surface area contributed by atoms with Gasteiger partial charge in [-0.25, -0.2) is 19.1 Å². The molecule has 0 radical (unpaired) electrons. The summed E-state index contributed by atoms with van der Waals surface area (Å²) >= 11 is 1.21. The van der Waals surface area contributed by atoms with Crippen molar-refractivity contribution >= 4 is 27.5 Å². The van der Waals surface area contributed by atoms with Crippen molar-refractivity contribution in [3.63, 3.8) is 0 Å². The van der Waals surface area contributed by atoms with Gasteiger partial charge in [-0.2, -0.15) is 0 Å². The third kappa shape index (κ3) is 4.67. The van der Waals surface area contributed by atoms with Crippen LogP contribution in [0.1, 0.15) is 43.9 Å². The van der Waals surface area contributed by atoms with E-state index in [4.69, 9.17) is 18.6 Å². The highest BCUT2D eigenvalue weighted by atomic mass is 32.1. The predicted molar refractivity (Wildman–Crippen MR) is 155 cm³/mol. The summed E-state index contributed by atoms with van der Waals surface area (Å²) in [6.45, 7) is 5.91. The van der Waals surface area contributed by atoms with Crippen molar-refractivity contribution in [2.75, 3.05) is 20.3 Å². The number of oxazole rings is 1. The Bertz CT molecular complexity index is 1740. The zero-order valence-corrected chi connectivity index (χ0v) is 24.7. The summed E-state index contributed by atoms with van der Waals surface area (Å²) in [6.07, 6.45) is 3.95. The molecule has 0 bridgehead atoms. The van der Waals surface area contributed by atoms with Crippen LogP contribution in [-0.2, 0) is 26.4 Å². The molecule has 12 heteroatoms. The number of benzene rings is 1. The van der Waals surface area contributed by atoms with Crippen LogP contribution in [0, 0.1) is 18.8 Å². The van der Waals surface area contributed by atoms with Crippen molar-refractivity contribution in [1.29, 1.82) is 0 Å². The molecule has 1 saturated heterocycles. The van der Waals surface area contributed by atoms with Crippen LogP contribution in [0.3, 0.4) is 0 Å². The van der Waals surface area contributed by atoms with E-state index in [0.29, 0.717) is 38.7 Å². The van der Waals surface area contributed by atoms with Crippen LogP contribution in [0.4, 0.5) is 0 Å². The molecule has 3 aromatic heterocycles. The highest BCUT2D eigenvalue weighted by Gasteiger charge is 2.41.